The summed E-state index contributed by atoms with van der Waals surface area (Å²) >= 11 is 0. The van der Waals surface area contributed by atoms with Gasteiger partial charge in [0.25, 0.3) is 5.56 Å². The van der Waals surface area contributed by atoms with Gasteiger partial charge in [-0.3, -0.25) is 9.36 Å². The van der Waals surface area contributed by atoms with Gasteiger partial charge in [0, 0.05) is 13.0 Å². The molecule has 0 radical (unpaired) electrons. The van der Waals surface area contributed by atoms with Crippen molar-refractivity contribution < 1.29 is 10.2 Å². The first-order valence-corrected chi connectivity index (χ1v) is 5.04. The van der Waals surface area contributed by atoms with E-state index in [0.717, 1.165) is 0 Å². The number of hydrogen-bond acceptors (Lipinski definition) is 4. The monoisotopic (exact) mass is 218 g/mol. The lowest BCUT2D eigenvalue weighted by molar-refractivity contribution is -0.169. The molecular weight excluding hydrogens is 208 g/mol. The maximum atomic E-state index is 12.0. The zero-order valence-corrected chi connectivity index (χ0v) is 8.42. The van der Waals surface area contributed by atoms with Crippen LogP contribution in [0.2, 0.25) is 0 Å². The summed E-state index contributed by atoms with van der Waals surface area (Å²) < 4.78 is 1.32. The highest BCUT2D eigenvalue weighted by molar-refractivity contribution is 5.77. The largest absolute Gasteiger partial charge is 0.360 e. The zero-order valence-electron chi connectivity index (χ0n) is 8.42. The Bertz CT molecular complexity index is 631. The van der Waals surface area contributed by atoms with E-state index in [-0.39, 0.29) is 17.8 Å². The van der Waals surface area contributed by atoms with Gasteiger partial charge in [-0.2, -0.15) is 0 Å². The van der Waals surface area contributed by atoms with Gasteiger partial charge in [0.1, 0.15) is 0 Å². The number of aromatic nitrogens is 2. The van der Waals surface area contributed by atoms with Crippen LogP contribution in [-0.2, 0) is 12.3 Å². The second kappa shape index (κ2) is 2.90. The molecule has 2 aromatic rings. The van der Waals surface area contributed by atoms with Gasteiger partial charge in [-0.15, -0.1) is 0 Å². The molecule has 1 aromatic heterocycles. The fraction of sp³-hybridized carbons (Fsp3) is 0.273. The number of para-hydroxylation sites is 1. The van der Waals surface area contributed by atoms with Crippen LogP contribution in [0.25, 0.3) is 10.9 Å². The van der Waals surface area contributed by atoms with Crippen LogP contribution in [0.1, 0.15) is 12.2 Å². The first-order chi connectivity index (χ1) is 7.59. The summed E-state index contributed by atoms with van der Waals surface area (Å²) in [6, 6.07) is 6.90. The second-order valence-electron chi connectivity index (χ2n) is 3.98. The van der Waals surface area contributed by atoms with E-state index in [2.05, 4.69) is 4.98 Å². The minimum absolute atomic E-state index is 0.0381. The third-order valence-electron chi connectivity index (χ3n) is 2.90. The Hall–Kier alpha value is -1.72. The van der Waals surface area contributed by atoms with Crippen LogP contribution in [0.4, 0.5) is 0 Å². The van der Waals surface area contributed by atoms with Crippen molar-refractivity contribution in [1.82, 2.24) is 9.55 Å². The fourth-order valence-corrected chi connectivity index (χ4v) is 2.06. The lowest BCUT2D eigenvalue weighted by atomic mass is 10.2. The summed E-state index contributed by atoms with van der Waals surface area (Å²) in [4.78, 5) is 16.1. The molecular formula is C11H10N2O3. The lowest BCUT2D eigenvalue weighted by Crippen LogP contribution is -2.27. The van der Waals surface area contributed by atoms with Gasteiger partial charge < -0.3 is 10.2 Å². The van der Waals surface area contributed by atoms with Crippen LogP contribution in [0.5, 0.6) is 0 Å². The molecule has 5 heteroatoms. The Morgan fingerprint density at radius 3 is 2.88 bits per heavy atom. The van der Waals surface area contributed by atoms with Crippen molar-refractivity contribution in [2.24, 2.45) is 0 Å². The van der Waals surface area contributed by atoms with E-state index in [1.54, 1.807) is 24.3 Å². The second-order valence-corrected chi connectivity index (χ2v) is 3.98. The molecule has 0 amide bonds. The average molecular weight is 218 g/mol. The molecule has 16 heavy (non-hydrogen) atoms. The summed E-state index contributed by atoms with van der Waals surface area (Å²) in [5.41, 5.74) is 0.277. The molecule has 0 bridgehead atoms. The SMILES string of the molecule is O=c1c2ccccc2nc2n1CCC2(O)O. The van der Waals surface area contributed by atoms with Crippen molar-refractivity contribution in [3.8, 4) is 0 Å². The van der Waals surface area contributed by atoms with Gasteiger partial charge in [-0.1, -0.05) is 12.1 Å². The number of hydrogen-bond donors (Lipinski definition) is 2. The van der Waals surface area contributed by atoms with Gasteiger partial charge in [0.15, 0.2) is 5.82 Å². The van der Waals surface area contributed by atoms with Crippen LogP contribution >= 0.6 is 0 Å². The van der Waals surface area contributed by atoms with Crippen molar-refractivity contribution in [2.45, 2.75) is 18.8 Å². The maximum absolute atomic E-state index is 12.0. The Kier molecular flexibility index (Phi) is 1.72. The Morgan fingerprint density at radius 1 is 1.31 bits per heavy atom. The first kappa shape index (κ1) is 9.50. The van der Waals surface area contributed by atoms with Crippen LogP contribution in [0.3, 0.4) is 0 Å². The summed E-state index contributed by atoms with van der Waals surface area (Å²) in [6.07, 6.45) is 0.103. The van der Waals surface area contributed by atoms with E-state index in [0.29, 0.717) is 17.4 Å². The predicted molar refractivity (Wildman–Crippen MR) is 56.7 cm³/mol. The van der Waals surface area contributed by atoms with Crippen molar-refractivity contribution in [3.63, 3.8) is 0 Å². The molecule has 0 saturated carbocycles. The zero-order chi connectivity index (χ0) is 11.3. The van der Waals surface area contributed by atoms with Crippen LogP contribution in [0, 0.1) is 0 Å². The minimum Gasteiger partial charge on any atom is -0.360 e. The maximum Gasteiger partial charge on any atom is 0.261 e. The molecule has 0 aliphatic carbocycles. The average Bonchev–Trinajstić information content (AvgIpc) is 2.56. The molecule has 1 aliphatic rings. The molecule has 2 N–H and O–H groups in total. The number of aliphatic hydroxyl groups is 2. The molecule has 3 rings (SSSR count). The molecule has 0 saturated heterocycles. The molecule has 0 unspecified atom stereocenters. The van der Waals surface area contributed by atoms with Crippen molar-refractivity contribution in [2.75, 3.05) is 0 Å². The molecule has 5 nitrogen and oxygen atoms in total. The number of benzene rings is 1. The van der Waals surface area contributed by atoms with Crippen LogP contribution < -0.4 is 5.56 Å². The minimum atomic E-state index is -1.98. The van der Waals surface area contributed by atoms with Crippen molar-refractivity contribution in [3.05, 3.63) is 40.4 Å². The Labute approximate surface area is 90.6 Å². The van der Waals surface area contributed by atoms with Gasteiger partial charge in [-0.25, -0.2) is 4.98 Å². The summed E-state index contributed by atoms with van der Waals surface area (Å²) in [7, 11) is 0. The summed E-state index contributed by atoms with van der Waals surface area (Å²) in [6.45, 7) is 0.291. The van der Waals surface area contributed by atoms with E-state index < -0.39 is 5.79 Å². The molecule has 1 aliphatic heterocycles. The quantitative estimate of drug-likeness (QED) is 0.607. The summed E-state index contributed by atoms with van der Waals surface area (Å²) in [5.74, 6) is -1.94. The number of fused-ring (bicyclic) bond motifs is 2. The molecule has 0 fully saturated rings. The molecule has 0 atom stereocenters. The van der Waals surface area contributed by atoms with E-state index in [1.807, 2.05) is 0 Å². The van der Waals surface area contributed by atoms with E-state index in [4.69, 9.17) is 0 Å². The number of nitrogens with zero attached hydrogens (tertiary/aromatic N) is 2. The van der Waals surface area contributed by atoms with Gasteiger partial charge in [0.2, 0.25) is 5.79 Å². The molecule has 0 spiro atoms. The van der Waals surface area contributed by atoms with E-state index in [9.17, 15) is 15.0 Å². The van der Waals surface area contributed by atoms with Gasteiger partial charge >= 0.3 is 0 Å². The standard InChI is InChI=1S/C11H10N2O3/c14-9-7-3-1-2-4-8(7)12-10-11(15,16)5-6-13(9)10/h1-4,15-16H,5-6H2. The molecule has 82 valence electrons. The third-order valence-corrected chi connectivity index (χ3v) is 2.90. The normalized spacial score (nSPS) is 17.6. The Morgan fingerprint density at radius 2 is 2.06 bits per heavy atom. The topological polar surface area (TPSA) is 75.4 Å². The van der Waals surface area contributed by atoms with Gasteiger partial charge in [0.05, 0.1) is 10.9 Å². The Balaban J connectivity index is 2.46. The number of rotatable bonds is 0. The summed E-state index contributed by atoms with van der Waals surface area (Å²) in [5, 5.41) is 19.8. The molecule has 1 aromatic carbocycles. The van der Waals surface area contributed by atoms with Crippen molar-refractivity contribution in [1.29, 1.82) is 0 Å². The van der Waals surface area contributed by atoms with Crippen molar-refractivity contribution >= 4 is 10.9 Å². The highest BCUT2D eigenvalue weighted by Gasteiger charge is 2.37. The van der Waals surface area contributed by atoms with Crippen LogP contribution in [-0.4, -0.2) is 19.8 Å². The van der Waals surface area contributed by atoms with Gasteiger partial charge in [-0.05, 0) is 12.1 Å². The van der Waals surface area contributed by atoms with Crippen LogP contribution in [0.15, 0.2) is 29.1 Å². The predicted octanol–water partition coefficient (Wildman–Crippen LogP) is -0.0624. The van der Waals surface area contributed by atoms with E-state index in [1.165, 1.54) is 4.57 Å². The smallest absolute Gasteiger partial charge is 0.261 e. The van der Waals surface area contributed by atoms with E-state index >= 15 is 0 Å². The molecule has 2 heterocycles. The third kappa shape index (κ3) is 1.12. The first-order valence-electron chi connectivity index (χ1n) is 5.04. The lowest BCUT2D eigenvalue weighted by Gasteiger charge is -2.13. The highest BCUT2D eigenvalue weighted by Crippen LogP contribution is 2.27. The highest BCUT2D eigenvalue weighted by atomic mass is 16.5. The fourth-order valence-electron chi connectivity index (χ4n) is 2.06.